The molecule has 1 aromatic heterocycles. The number of hydrogen-bond acceptors (Lipinski definition) is 5. The number of allylic oxidation sites excluding steroid dienone is 5. The van der Waals surface area contributed by atoms with E-state index in [0.717, 1.165) is 16.8 Å². The maximum absolute atomic E-state index is 9.21. The molecule has 0 spiro atoms. The number of dihydropyridines is 1. The number of pyridine rings is 1. The summed E-state index contributed by atoms with van der Waals surface area (Å²) in [7, 11) is 0. The SMILES string of the molecule is CC1=C(c2ccncc2)C=C(C#N)C(=C(C#N)C#N)N1. The first kappa shape index (κ1) is 13.1. The lowest BCUT2D eigenvalue weighted by molar-refractivity contribution is 0.971. The Morgan fingerprint density at radius 2 is 1.80 bits per heavy atom. The van der Waals surface area contributed by atoms with Crippen LogP contribution in [0.1, 0.15) is 12.5 Å². The molecular weight excluding hydrogens is 250 g/mol. The minimum atomic E-state index is -0.106. The number of nitriles is 3. The van der Waals surface area contributed by atoms with Crippen LogP contribution in [0.3, 0.4) is 0 Å². The largest absolute Gasteiger partial charge is 0.356 e. The fourth-order valence-corrected chi connectivity index (χ4v) is 1.90. The van der Waals surface area contributed by atoms with Crippen molar-refractivity contribution in [3.05, 3.63) is 58.7 Å². The summed E-state index contributed by atoms with van der Waals surface area (Å²) in [6.45, 7) is 1.83. The molecule has 20 heavy (non-hydrogen) atoms. The first-order valence-electron chi connectivity index (χ1n) is 5.76. The lowest BCUT2D eigenvalue weighted by atomic mass is 9.96. The standard InChI is InChI=1S/C15H9N5/c1-10-14(11-2-4-19-5-3-11)6-12(7-16)15(20-10)13(8-17)9-18/h2-6,20H,1H3. The molecule has 5 heteroatoms. The van der Waals surface area contributed by atoms with Crippen LogP contribution >= 0.6 is 0 Å². The molecule has 0 aromatic carbocycles. The Kier molecular flexibility index (Phi) is 3.61. The van der Waals surface area contributed by atoms with Gasteiger partial charge in [-0.15, -0.1) is 0 Å². The van der Waals surface area contributed by atoms with E-state index in [-0.39, 0.29) is 16.8 Å². The molecule has 1 aromatic rings. The highest BCUT2D eigenvalue weighted by Gasteiger charge is 2.19. The molecule has 0 saturated heterocycles. The first-order chi connectivity index (χ1) is 9.71. The summed E-state index contributed by atoms with van der Waals surface area (Å²) in [5.74, 6) is 0. The molecule has 0 amide bonds. The third kappa shape index (κ3) is 2.27. The van der Waals surface area contributed by atoms with Gasteiger partial charge in [-0.05, 0) is 30.7 Å². The van der Waals surface area contributed by atoms with Gasteiger partial charge in [0.1, 0.15) is 18.2 Å². The van der Waals surface area contributed by atoms with Crippen molar-refractivity contribution < 1.29 is 0 Å². The van der Waals surface area contributed by atoms with Crippen molar-refractivity contribution in [3.8, 4) is 18.2 Å². The molecule has 0 fully saturated rings. The average molecular weight is 259 g/mol. The molecule has 0 unspecified atom stereocenters. The fourth-order valence-electron chi connectivity index (χ4n) is 1.90. The number of nitrogens with zero attached hydrogens (tertiary/aromatic N) is 4. The summed E-state index contributed by atoms with van der Waals surface area (Å²) in [6.07, 6.45) is 5.00. The molecule has 0 radical (unpaired) electrons. The molecular formula is C15H9N5. The molecule has 0 aliphatic carbocycles. The average Bonchev–Trinajstić information content (AvgIpc) is 2.49. The van der Waals surface area contributed by atoms with Gasteiger partial charge in [0.05, 0.1) is 11.3 Å². The molecule has 1 aliphatic heterocycles. The number of rotatable bonds is 1. The van der Waals surface area contributed by atoms with Gasteiger partial charge in [0.2, 0.25) is 0 Å². The number of aromatic nitrogens is 1. The molecule has 1 N–H and O–H groups in total. The second-order valence-corrected chi connectivity index (χ2v) is 4.04. The van der Waals surface area contributed by atoms with Gasteiger partial charge in [0.25, 0.3) is 0 Å². The third-order valence-corrected chi connectivity index (χ3v) is 2.86. The predicted molar refractivity (Wildman–Crippen MR) is 71.9 cm³/mol. The van der Waals surface area contributed by atoms with E-state index in [1.165, 1.54) is 0 Å². The summed E-state index contributed by atoms with van der Waals surface area (Å²) < 4.78 is 0. The van der Waals surface area contributed by atoms with Crippen LogP contribution in [-0.2, 0) is 0 Å². The minimum Gasteiger partial charge on any atom is -0.356 e. The van der Waals surface area contributed by atoms with Crippen LogP contribution < -0.4 is 5.32 Å². The van der Waals surface area contributed by atoms with E-state index in [2.05, 4.69) is 10.3 Å². The maximum Gasteiger partial charge on any atom is 0.154 e. The van der Waals surface area contributed by atoms with Gasteiger partial charge in [0, 0.05) is 23.7 Å². The summed E-state index contributed by atoms with van der Waals surface area (Å²) in [5.41, 5.74) is 2.93. The molecule has 2 heterocycles. The Bertz CT molecular complexity index is 745. The molecule has 94 valence electrons. The number of hydrogen-bond donors (Lipinski definition) is 1. The Hall–Kier alpha value is -3.36. The van der Waals surface area contributed by atoms with E-state index in [9.17, 15) is 5.26 Å². The van der Waals surface area contributed by atoms with E-state index >= 15 is 0 Å². The zero-order chi connectivity index (χ0) is 14.5. The van der Waals surface area contributed by atoms with Crippen molar-refractivity contribution in [2.75, 3.05) is 0 Å². The van der Waals surface area contributed by atoms with E-state index in [1.54, 1.807) is 30.6 Å². The Labute approximate surface area is 116 Å². The second kappa shape index (κ2) is 5.52. The summed E-state index contributed by atoms with van der Waals surface area (Å²) in [4.78, 5) is 3.95. The van der Waals surface area contributed by atoms with Gasteiger partial charge in [-0.25, -0.2) is 0 Å². The minimum absolute atomic E-state index is 0.106. The van der Waals surface area contributed by atoms with E-state index in [4.69, 9.17) is 10.5 Å². The molecule has 2 rings (SSSR count). The normalized spacial score (nSPS) is 13.5. The van der Waals surface area contributed by atoms with Crippen molar-refractivity contribution in [1.29, 1.82) is 15.8 Å². The van der Waals surface area contributed by atoms with E-state index in [0.29, 0.717) is 0 Å². The smallest absolute Gasteiger partial charge is 0.154 e. The van der Waals surface area contributed by atoms with Gasteiger partial charge < -0.3 is 5.32 Å². The summed E-state index contributed by atoms with van der Waals surface area (Å²) >= 11 is 0. The van der Waals surface area contributed by atoms with Gasteiger partial charge in [-0.2, -0.15) is 15.8 Å². The Morgan fingerprint density at radius 1 is 1.15 bits per heavy atom. The summed E-state index contributed by atoms with van der Waals surface area (Å²) in [5, 5.41) is 30.0. The van der Waals surface area contributed by atoms with Gasteiger partial charge >= 0.3 is 0 Å². The van der Waals surface area contributed by atoms with Crippen LogP contribution in [-0.4, -0.2) is 4.98 Å². The highest BCUT2D eigenvalue weighted by atomic mass is 14.9. The quantitative estimate of drug-likeness (QED) is 0.779. The third-order valence-electron chi connectivity index (χ3n) is 2.86. The van der Waals surface area contributed by atoms with Gasteiger partial charge in [-0.1, -0.05) is 0 Å². The lowest BCUT2D eigenvalue weighted by Gasteiger charge is -2.19. The van der Waals surface area contributed by atoms with E-state index < -0.39 is 0 Å². The van der Waals surface area contributed by atoms with Crippen molar-refractivity contribution >= 4 is 5.57 Å². The van der Waals surface area contributed by atoms with Crippen molar-refractivity contribution in [2.24, 2.45) is 0 Å². The van der Waals surface area contributed by atoms with Crippen molar-refractivity contribution in [2.45, 2.75) is 6.92 Å². The van der Waals surface area contributed by atoms with E-state index in [1.807, 2.05) is 25.1 Å². The van der Waals surface area contributed by atoms with Crippen molar-refractivity contribution in [3.63, 3.8) is 0 Å². The molecule has 1 aliphatic rings. The predicted octanol–water partition coefficient (Wildman–Crippen LogP) is 2.17. The van der Waals surface area contributed by atoms with Crippen LogP contribution in [0.15, 0.2) is 53.1 Å². The van der Waals surface area contributed by atoms with Crippen LogP contribution in [0.25, 0.3) is 5.57 Å². The molecule has 0 bridgehead atoms. The Morgan fingerprint density at radius 3 is 2.35 bits per heavy atom. The van der Waals surface area contributed by atoms with Gasteiger partial charge in [0.15, 0.2) is 5.57 Å². The Balaban J connectivity index is 2.59. The number of nitrogens with one attached hydrogen (secondary N) is 1. The fraction of sp³-hybridized carbons (Fsp3) is 0.0667. The van der Waals surface area contributed by atoms with Crippen molar-refractivity contribution in [1.82, 2.24) is 10.3 Å². The van der Waals surface area contributed by atoms with Crippen LogP contribution in [0, 0.1) is 34.0 Å². The topological polar surface area (TPSA) is 96.3 Å². The molecule has 0 atom stereocenters. The molecule has 5 nitrogen and oxygen atoms in total. The van der Waals surface area contributed by atoms with Crippen LogP contribution in [0.4, 0.5) is 0 Å². The summed E-state index contributed by atoms with van der Waals surface area (Å²) in [6, 6.07) is 9.26. The van der Waals surface area contributed by atoms with Crippen LogP contribution in [0.2, 0.25) is 0 Å². The first-order valence-corrected chi connectivity index (χ1v) is 5.76. The molecule has 0 saturated carbocycles. The lowest BCUT2D eigenvalue weighted by Crippen LogP contribution is -2.19. The zero-order valence-corrected chi connectivity index (χ0v) is 10.7. The van der Waals surface area contributed by atoms with Crippen LogP contribution in [0.5, 0.6) is 0 Å². The second-order valence-electron chi connectivity index (χ2n) is 4.04. The zero-order valence-electron chi connectivity index (χ0n) is 10.7. The highest BCUT2D eigenvalue weighted by Crippen LogP contribution is 2.28. The van der Waals surface area contributed by atoms with Gasteiger partial charge in [-0.3, -0.25) is 4.98 Å². The maximum atomic E-state index is 9.21. The monoisotopic (exact) mass is 259 g/mol. The highest BCUT2D eigenvalue weighted by molar-refractivity contribution is 5.81.